The van der Waals surface area contributed by atoms with Crippen LogP contribution in [0.25, 0.3) is 0 Å². The lowest BCUT2D eigenvalue weighted by Crippen LogP contribution is -2.41. The summed E-state index contributed by atoms with van der Waals surface area (Å²) in [6.45, 7) is 5.07. The number of nitrogens with one attached hydrogen (secondary N) is 1. The molecule has 1 aliphatic rings. The molecule has 2 aromatic rings. The van der Waals surface area contributed by atoms with Gasteiger partial charge >= 0.3 is 0 Å². The number of benzene rings is 1. The molecule has 1 saturated carbocycles. The fourth-order valence-corrected chi connectivity index (χ4v) is 3.46. The number of nitrogens with zero attached hydrogens (tertiary/aromatic N) is 1. The van der Waals surface area contributed by atoms with E-state index < -0.39 is 0 Å². The third-order valence-corrected chi connectivity index (χ3v) is 5.08. The molecule has 0 radical (unpaired) electrons. The van der Waals surface area contributed by atoms with Crippen LogP contribution in [0.3, 0.4) is 0 Å². The van der Waals surface area contributed by atoms with E-state index in [1.54, 1.807) is 24.5 Å². The van der Waals surface area contributed by atoms with Crippen molar-refractivity contribution in [2.45, 2.75) is 52.2 Å². The van der Waals surface area contributed by atoms with Crippen LogP contribution in [0.4, 0.5) is 0 Å². The van der Waals surface area contributed by atoms with E-state index in [0.717, 1.165) is 12.0 Å². The van der Waals surface area contributed by atoms with Gasteiger partial charge in [-0.15, -0.1) is 0 Å². The number of carbonyl (C=O) groups is 1. The summed E-state index contributed by atoms with van der Waals surface area (Å²) in [4.78, 5) is 16.7. The van der Waals surface area contributed by atoms with Gasteiger partial charge in [0.25, 0.3) is 5.91 Å². The Labute approximate surface area is 161 Å². The molecule has 2 unspecified atom stereocenters. The SMILES string of the molecule is CCOc1cc(C(=O)NC2CCCCC2C)ccc1OCc1ccncc1. The summed E-state index contributed by atoms with van der Waals surface area (Å²) >= 11 is 0. The highest BCUT2D eigenvalue weighted by atomic mass is 16.5. The number of ether oxygens (including phenoxy) is 2. The van der Waals surface area contributed by atoms with Crippen LogP contribution in [0, 0.1) is 5.92 Å². The molecule has 1 aromatic carbocycles. The number of rotatable bonds is 7. The summed E-state index contributed by atoms with van der Waals surface area (Å²) in [7, 11) is 0. The van der Waals surface area contributed by atoms with Crippen molar-refractivity contribution in [2.75, 3.05) is 6.61 Å². The van der Waals surface area contributed by atoms with E-state index in [9.17, 15) is 4.79 Å². The fraction of sp³-hybridized carbons (Fsp3) is 0.455. The zero-order chi connectivity index (χ0) is 19.1. The molecular weight excluding hydrogens is 340 g/mol. The van der Waals surface area contributed by atoms with Crippen LogP contribution in [0.15, 0.2) is 42.7 Å². The van der Waals surface area contributed by atoms with Crippen molar-refractivity contribution in [3.8, 4) is 11.5 Å². The molecule has 27 heavy (non-hydrogen) atoms. The molecule has 1 N–H and O–H groups in total. The van der Waals surface area contributed by atoms with E-state index in [0.29, 0.717) is 36.2 Å². The van der Waals surface area contributed by atoms with E-state index in [2.05, 4.69) is 17.2 Å². The second-order valence-electron chi connectivity index (χ2n) is 7.08. The topological polar surface area (TPSA) is 60.5 Å². The first-order chi connectivity index (χ1) is 13.2. The summed E-state index contributed by atoms with van der Waals surface area (Å²) in [6.07, 6.45) is 8.14. The Bertz CT molecular complexity index is 748. The predicted molar refractivity (Wildman–Crippen MR) is 105 cm³/mol. The van der Waals surface area contributed by atoms with E-state index in [-0.39, 0.29) is 11.9 Å². The Hall–Kier alpha value is -2.56. The first kappa shape index (κ1) is 19.2. The highest BCUT2D eigenvalue weighted by Crippen LogP contribution is 2.30. The van der Waals surface area contributed by atoms with Gasteiger partial charge in [-0.05, 0) is 61.6 Å². The van der Waals surface area contributed by atoms with Gasteiger partial charge in [0.15, 0.2) is 11.5 Å². The molecular formula is C22H28N2O3. The largest absolute Gasteiger partial charge is 0.490 e. The third-order valence-electron chi connectivity index (χ3n) is 5.08. The van der Waals surface area contributed by atoms with Crippen molar-refractivity contribution in [1.29, 1.82) is 0 Å². The minimum Gasteiger partial charge on any atom is -0.490 e. The lowest BCUT2D eigenvalue weighted by Gasteiger charge is -2.29. The van der Waals surface area contributed by atoms with Crippen molar-refractivity contribution in [2.24, 2.45) is 5.92 Å². The fourth-order valence-electron chi connectivity index (χ4n) is 3.46. The minimum atomic E-state index is -0.0459. The lowest BCUT2D eigenvalue weighted by molar-refractivity contribution is 0.0909. The van der Waals surface area contributed by atoms with Crippen molar-refractivity contribution in [1.82, 2.24) is 10.3 Å². The third kappa shape index (κ3) is 5.22. The Balaban J connectivity index is 1.69. The van der Waals surface area contributed by atoms with Crippen LogP contribution in [0.1, 0.15) is 55.5 Å². The number of carbonyl (C=O) groups excluding carboxylic acids is 1. The molecule has 5 heteroatoms. The molecule has 1 heterocycles. The van der Waals surface area contributed by atoms with Crippen LogP contribution < -0.4 is 14.8 Å². The molecule has 3 rings (SSSR count). The van der Waals surface area contributed by atoms with Crippen molar-refractivity contribution < 1.29 is 14.3 Å². The molecule has 1 aromatic heterocycles. The van der Waals surface area contributed by atoms with Gasteiger partial charge in [0.1, 0.15) is 6.61 Å². The molecule has 0 spiro atoms. The summed E-state index contributed by atoms with van der Waals surface area (Å²) in [5.74, 6) is 1.71. The first-order valence-electron chi connectivity index (χ1n) is 9.76. The smallest absolute Gasteiger partial charge is 0.251 e. The van der Waals surface area contributed by atoms with Crippen molar-refractivity contribution in [3.63, 3.8) is 0 Å². The van der Waals surface area contributed by atoms with Crippen LogP contribution >= 0.6 is 0 Å². The number of hydrogen-bond acceptors (Lipinski definition) is 4. The van der Waals surface area contributed by atoms with Gasteiger partial charge in [0.2, 0.25) is 0 Å². The number of aromatic nitrogens is 1. The van der Waals surface area contributed by atoms with Crippen LogP contribution in [-0.4, -0.2) is 23.5 Å². The monoisotopic (exact) mass is 368 g/mol. The first-order valence-corrected chi connectivity index (χ1v) is 9.76. The standard InChI is InChI=1S/C22H28N2O3/c1-3-26-21-14-18(22(25)24-19-7-5-4-6-16(19)2)8-9-20(21)27-15-17-10-12-23-13-11-17/h8-14,16,19H,3-7,15H2,1-2H3,(H,24,25). The van der Waals surface area contributed by atoms with E-state index in [1.165, 1.54) is 19.3 Å². The zero-order valence-electron chi connectivity index (χ0n) is 16.1. The highest BCUT2D eigenvalue weighted by molar-refractivity contribution is 5.95. The van der Waals surface area contributed by atoms with Gasteiger partial charge in [-0.1, -0.05) is 19.8 Å². The van der Waals surface area contributed by atoms with Crippen LogP contribution in [0.5, 0.6) is 11.5 Å². The number of pyridine rings is 1. The second kappa shape index (κ2) is 9.40. The Morgan fingerprint density at radius 2 is 1.89 bits per heavy atom. The lowest BCUT2D eigenvalue weighted by atomic mass is 9.86. The van der Waals surface area contributed by atoms with Crippen LogP contribution in [0.2, 0.25) is 0 Å². The maximum Gasteiger partial charge on any atom is 0.251 e. The van der Waals surface area contributed by atoms with Gasteiger partial charge in [0, 0.05) is 24.0 Å². The quantitative estimate of drug-likeness (QED) is 0.788. The van der Waals surface area contributed by atoms with E-state index >= 15 is 0 Å². The van der Waals surface area contributed by atoms with Crippen molar-refractivity contribution >= 4 is 5.91 Å². The molecule has 1 fully saturated rings. The Kier molecular flexibility index (Phi) is 6.69. The normalized spacial score (nSPS) is 19.3. The molecule has 5 nitrogen and oxygen atoms in total. The summed E-state index contributed by atoms with van der Waals surface area (Å²) < 4.78 is 11.6. The average molecular weight is 368 g/mol. The van der Waals surface area contributed by atoms with E-state index in [1.807, 2.05) is 25.1 Å². The maximum atomic E-state index is 12.7. The molecule has 0 aliphatic heterocycles. The Morgan fingerprint density at radius 1 is 1.11 bits per heavy atom. The van der Waals surface area contributed by atoms with Gasteiger partial charge < -0.3 is 14.8 Å². The maximum absolute atomic E-state index is 12.7. The van der Waals surface area contributed by atoms with Crippen LogP contribution in [-0.2, 0) is 6.61 Å². The van der Waals surface area contributed by atoms with Gasteiger partial charge in [-0.2, -0.15) is 0 Å². The zero-order valence-corrected chi connectivity index (χ0v) is 16.1. The Morgan fingerprint density at radius 3 is 2.63 bits per heavy atom. The predicted octanol–water partition coefficient (Wildman–Crippen LogP) is 4.37. The van der Waals surface area contributed by atoms with Gasteiger partial charge in [-0.3, -0.25) is 9.78 Å². The average Bonchev–Trinajstić information content (AvgIpc) is 2.69. The molecule has 1 amide bonds. The van der Waals surface area contributed by atoms with Gasteiger partial charge in [0.05, 0.1) is 6.61 Å². The molecule has 144 valence electrons. The number of amides is 1. The highest BCUT2D eigenvalue weighted by Gasteiger charge is 2.23. The molecule has 1 aliphatic carbocycles. The molecule has 0 saturated heterocycles. The number of hydrogen-bond donors (Lipinski definition) is 1. The summed E-state index contributed by atoms with van der Waals surface area (Å²) in [5, 5.41) is 3.19. The second-order valence-corrected chi connectivity index (χ2v) is 7.08. The summed E-state index contributed by atoms with van der Waals surface area (Å²) in [5.41, 5.74) is 1.63. The van der Waals surface area contributed by atoms with Gasteiger partial charge in [-0.25, -0.2) is 0 Å². The minimum absolute atomic E-state index is 0.0459. The summed E-state index contributed by atoms with van der Waals surface area (Å²) in [6, 6.07) is 9.46. The molecule has 2 atom stereocenters. The van der Waals surface area contributed by atoms with E-state index in [4.69, 9.17) is 9.47 Å². The van der Waals surface area contributed by atoms with Crippen molar-refractivity contribution in [3.05, 3.63) is 53.9 Å². The molecule has 0 bridgehead atoms.